The summed E-state index contributed by atoms with van der Waals surface area (Å²) in [5.74, 6) is -0.957. The summed E-state index contributed by atoms with van der Waals surface area (Å²) in [6.07, 6.45) is 0. The quantitative estimate of drug-likeness (QED) is 0.769. The van der Waals surface area contributed by atoms with Crippen molar-refractivity contribution in [1.29, 1.82) is 0 Å². The standard InChI is InChI=1S/C13H17NO4/c1-7(2)11-10(13(16)18-5)6-9(8(3)14-11)12(15)17-4/h6-7H,1-5H3. The highest BCUT2D eigenvalue weighted by molar-refractivity contribution is 5.96. The first-order valence-corrected chi connectivity index (χ1v) is 5.60. The van der Waals surface area contributed by atoms with Crippen LogP contribution in [0.15, 0.2) is 6.07 Å². The molecule has 5 heteroatoms. The zero-order chi connectivity index (χ0) is 13.9. The minimum Gasteiger partial charge on any atom is -0.465 e. The van der Waals surface area contributed by atoms with Gasteiger partial charge in [-0.3, -0.25) is 4.98 Å². The topological polar surface area (TPSA) is 65.5 Å². The number of carbonyl (C=O) groups is 2. The third-order valence-electron chi connectivity index (χ3n) is 2.60. The maximum absolute atomic E-state index is 11.7. The van der Waals surface area contributed by atoms with Crippen molar-refractivity contribution in [3.8, 4) is 0 Å². The van der Waals surface area contributed by atoms with Crippen molar-refractivity contribution in [2.75, 3.05) is 14.2 Å². The van der Waals surface area contributed by atoms with Gasteiger partial charge < -0.3 is 9.47 Å². The third-order valence-corrected chi connectivity index (χ3v) is 2.60. The van der Waals surface area contributed by atoms with Crippen molar-refractivity contribution in [2.45, 2.75) is 26.7 Å². The van der Waals surface area contributed by atoms with Gasteiger partial charge in [0.05, 0.1) is 36.7 Å². The monoisotopic (exact) mass is 251 g/mol. The van der Waals surface area contributed by atoms with Gasteiger partial charge in [0.1, 0.15) is 0 Å². The van der Waals surface area contributed by atoms with E-state index in [2.05, 4.69) is 9.72 Å². The summed E-state index contributed by atoms with van der Waals surface area (Å²) in [7, 11) is 2.58. The molecule has 0 atom stereocenters. The molecule has 18 heavy (non-hydrogen) atoms. The molecule has 0 radical (unpaired) electrons. The second kappa shape index (κ2) is 5.62. The lowest BCUT2D eigenvalue weighted by atomic mass is 10.0. The Kier molecular flexibility index (Phi) is 4.42. The Labute approximate surface area is 106 Å². The molecule has 0 saturated heterocycles. The molecule has 1 rings (SSSR count). The molecule has 0 aliphatic heterocycles. The lowest BCUT2D eigenvalue weighted by Gasteiger charge is -2.13. The van der Waals surface area contributed by atoms with Gasteiger partial charge in [-0.25, -0.2) is 9.59 Å². The second-order valence-electron chi connectivity index (χ2n) is 4.19. The number of ether oxygens (including phenoxy) is 2. The van der Waals surface area contributed by atoms with Gasteiger partial charge in [0.25, 0.3) is 0 Å². The van der Waals surface area contributed by atoms with Crippen LogP contribution in [0.3, 0.4) is 0 Å². The van der Waals surface area contributed by atoms with Crippen molar-refractivity contribution in [2.24, 2.45) is 0 Å². The number of rotatable bonds is 3. The molecule has 0 aliphatic carbocycles. The smallest absolute Gasteiger partial charge is 0.339 e. The van der Waals surface area contributed by atoms with Crippen LogP contribution in [0.5, 0.6) is 0 Å². The fraction of sp³-hybridized carbons (Fsp3) is 0.462. The molecular formula is C13H17NO4. The summed E-state index contributed by atoms with van der Waals surface area (Å²) < 4.78 is 9.36. The zero-order valence-electron chi connectivity index (χ0n) is 11.2. The van der Waals surface area contributed by atoms with E-state index in [1.54, 1.807) is 6.92 Å². The highest BCUT2D eigenvalue weighted by atomic mass is 16.5. The van der Waals surface area contributed by atoms with Crippen molar-refractivity contribution >= 4 is 11.9 Å². The van der Waals surface area contributed by atoms with Crippen LogP contribution in [0.1, 0.15) is 51.9 Å². The first-order valence-electron chi connectivity index (χ1n) is 5.60. The fourth-order valence-electron chi connectivity index (χ4n) is 1.65. The normalized spacial score (nSPS) is 10.3. The van der Waals surface area contributed by atoms with Crippen molar-refractivity contribution in [1.82, 2.24) is 4.98 Å². The Bertz CT molecular complexity index is 480. The van der Waals surface area contributed by atoms with E-state index in [4.69, 9.17) is 4.74 Å². The number of esters is 2. The van der Waals surface area contributed by atoms with Gasteiger partial charge in [-0.1, -0.05) is 13.8 Å². The Morgan fingerprint density at radius 1 is 1.11 bits per heavy atom. The Balaban J connectivity index is 3.45. The summed E-state index contributed by atoms with van der Waals surface area (Å²) in [5, 5.41) is 0. The van der Waals surface area contributed by atoms with Crippen molar-refractivity contribution in [3.63, 3.8) is 0 Å². The molecule has 0 amide bonds. The molecule has 0 N–H and O–H groups in total. The fourth-order valence-corrected chi connectivity index (χ4v) is 1.65. The molecule has 1 aromatic rings. The molecular weight excluding hydrogens is 234 g/mol. The van der Waals surface area contributed by atoms with E-state index in [-0.39, 0.29) is 11.5 Å². The van der Waals surface area contributed by atoms with E-state index in [1.807, 2.05) is 13.8 Å². The summed E-state index contributed by atoms with van der Waals surface area (Å²) in [5.41, 5.74) is 1.74. The second-order valence-corrected chi connectivity index (χ2v) is 4.19. The van der Waals surface area contributed by atoms with E-state index in [0.717, 1.165) is 0 Å². The number of nitrogens with zero attached hydrogens (tertiary/aromatic N) is 1. The maximum atomic E-state index is 11.7. The Hall–Kier alpha value is -1.91. The van der Waals surface area contributed by atoms with Gasteiger partial charge in [-0.05, 0) is 18.9 Å². The number of aryl methyl sites for hydroxylation is 1. The van der Waals surface area contributed by atoms with E-state index < -0.39 is 11.9 Å². The molecule has 1 heterocycles. The zero-order valence-corrected chi connectivity index (χ0v) is 11.2. The van der Waals surface area contributed by atoms with Crippen molar-refractivity contribution in [3.05, 3.63) is 28.6 Å². The molecule has 0 bridgehead atoms. The van der Waals surface area contributed by atoms with Crippen LogP contribution < -0.4 is 0 Å². The largest absolute Gasteiger partial charge is 0.465 e. The summed E-state index contributed by atoms with van der Waals surface area (Å²) in [6.45, 7) is 5.55. The van der Waals surface area contributed by atoms with Crippen LogP contribution in [0, 0.1) is 6.92 Å². The predicted molar refractivity (Wildman–Crippen MR) is 65.7 cm³/mol. The molecule has 5 nitrogen and oxygen atoms in total. The third kappa shape index (κ3) is 2.67. The highest BCUT2D eigenvalue weighted by Crippen LogP contribution is 2.21. The first kappa shape index (κ1) is 14.2. The number of carbonyl (C=O) groups excluding carboxylic acids is 2. The molecule has 1 aromatic heterocycles. The lowest BCUT2D eigenvalue weighted by Crippen LogP contribution is -2.14. The average Bonchev–Trinajstić information content (AvgIpc) is 2.36. The van der Waals surface area contributed by atoms with Crippen LogP contribution >= 0.6 is 0 Å². The number of hydrogen-bond acceptors (Lipinski definition) is 5. The molecule has 0 aromatic carbocycles. The number of hydrogen-bond donors (Lipinski definition) is 0. The van der Waals surface area contributed by atoms with E-state index in [0.29, 0.717) is 17.0 Å². The van der Waals surface area contributed by atoms with Gasteiger partial charge in [-0.15, -0.1) is 0 Å². The SMILES string of the molecule is COC(=O)c1cc(C(=O)OC)c(C(C)C)nc1C. The Morgan fingerprint density at radius 2 is 1.61 bits per heavy atom. The van der Waals surface area contributed by atoms with Gasteiger partial charge in [0.15, 0.2) is 0 Å². The molecule has 0 unspecified atom stereocenters. The van der Waals surface area contributed by atoms with Crippen LogP contribution in [-0.4, -0.2) is 31.1 Å². The average molecular weight is 251 g/mol. The number of methoxy groups -OCH3 is 2. The summed E-state index contributed by atoms with van der Waals surface area (Å²) in [4.78, 5) is 27.6. The van der Waals surface area contributed by atoms with Gasteiger partial charge in [0.2, 0.25) is 0 Å². The minimum atomic E-state index is -0.513. The summed E-state index contributed by atoms with van der Waals surface area (Å²) >= 11 is 0. The van der Waals surface area contributed by atoms with Crippen LogP contribution in [0.25, 0.3) is 0 Å². The minimum absolute atomic E-state index is 0.0597. The molecule has 0 spiro atoms. The van der Waals surface area contributed by atoms with Crippen molar-refractivity contribution < 1.29 is 19.1 Å². The number of pyridine rings is 1. The van der Waals surface area contributed by atoms with E-state index in [1.165, 1.54) is 20.3 Å². The highest BCUT2D eigenvalue weighted by Gasteiger charge is 2.21. The molecule has 98 valence electrons. The maximum Gasteiger partial charge on any atom is 0.339 e. The van der Waals surface area contributed by atoms with Crippen LogP contribution in [-0.2, 0) is 9.47 Å². The molecule has 0 fully saturated rings. The molecule has 0 aliphatic rings. The first-order chi connectivity index (χ1) is 8.42. The number of aromatic nitrogens is 1. The van der Waals surface area contributed by atoms with Crippen LogP contribution in [0.4, 0.5) is 0 Å². The van der Waals surface area contributed by atoms with Gasteiger partial charge in [0, 0.05) is 0 Å². The van der Waals surface area contributed by atoms with E-state index in [9.17, 15) is 9.59 Å². The predicted octanol–water partition coefficient (Wildman–Crippen LogP) is 2.09. The van der Waals surface area contributed by atoms with Crippen LogP contribution in [0.2, 0.25) is 0 Å². The van der Waals surface area contributed by atoms with Gasteiger partial charge >= 0.3 is 11.9 Å². The lowest BCUT2D eigenvalue weighted by molar-refractivity contribution is 0.0596. The summed E-state index contributed by atoms with van der Waals surface area (Å²) in [6, 6.07) is 1.48. The Morgan fingerprint density at radius 3 is 2.06 bits per heavy atom. The van der Waals surface area contributed by atoms with Gasteiger partial charge in [-0.2, -0.15) is 0 Å². The molecule has 0 saturated carbocycles. The van der Waals surface area contributed by atoms with E-state index >= 15 is 0 Å².